The number of rotatable bonds is 8. The Kier molecular flexibility index (Phi) is 6.61. The van der Waals surface area contributed by atoms with Crippen LogP contribution >= 0.6 is 0 Å². The van der Waals surface area contributed by atoms with Gasteiger partial charge in [0.15, 0.2) is 0 Å². The van der Waals surface area contributed by atoms with Crippen molar-refractivity contribution in [2.75, 3.05) is 26.3 Å². The number of hydrogen-bond acceptors (Lipinski definition) is 3. The largest absolute Gasteiger partial charge is 0.379 e. The van der Waals surface area contributed by atoms with Crippen LogP contribution in [0.5, 0.6) is 0 Å². The molecule has 1 N–H and O–H groups in total. The molecule has 1 heterocycles. The molecule has 2 atom stereocenters. The predicted octanol–water partition coefficient (Wildman–Crippen LogP) is 2.84. The van der Waals surface area contributed by atoms with E-state index in [1.165, 1.54) is 0 Å². The second kappa shape index (κ2) is 7.46. The fourth-order valence-electron chi connectivity index (χ4n) is 2.58. The lowest BCUT2D eigenvalue weighted by atomic mass is 9.78. The van der Waals surface area contributed by atoms with Crippen molar-refractivity contribution in [2.24, 2.45) is 11.3 Å². The van der Waals surface area contributed by atoms with Gasteiger partial charge in [0.25, 0.3) is 0 Å². The van der Waals surface area contributed by atoms with Gasteiger partial charge >= 0.3 is 0 Å². The van der Waals surface area contributed by atoms with E-state index in [2.05, 4.69) is 39.9 Å². The summed E-state index contributed by atoms with van der Waals surface area (Å²) in [6.07, 6.45) is 2.91. The van der Waals surface area contributed by atoms with Crippen LogP contribution in [0.4, 0.5) is 0 Å². The van der Waals surface area contributed by atoms with Crippen LogP contribution in [0.3, 0.4) is 0 Å². The second-order valence-corrected chi connectivity index (χ2v) is 6.32. The van der Waals surface area contributed by atoms with Crippen molar-refractivity contribution in [1.29, 1.82) is 0 Å². The van der Waals surface area contributed by atoms with Gasteiger partial charge in [-0.3, -0.25) is 0 Å². The molecule has 0 aliphatic carbocycles. The molecule has 1 aliphatic rings. The van der Waals surface area contributed by atoms with Crippen molar-refractivity contribution < 1.29 is 9.47 Å². The number of ether oxygens (including phenoxy) is 2. The van der Waals surface area contributed by atoms with Crippen molar-refractivity contribution in [1.82, 2.24) is 5.32 Å². The Morgan fingerprint density at radius 2 is 2.06 bits per heavy atom. The Balaban J connectivity index is 2.43. The third-order valence-electron chi connectivity index (χ3n) is 3.91. The van der Waals surface area contributed by atoms with Gasteiger partial charge in [-0.2, -0.15) is 0 Å². The van der Waals surface area contributed by atoms with Crippen molar-refractivity contribution in [3.05, 3.63) is 0 Å². The minimum absolute atomic E-state index is 0.268. The highest BCUT2D eigenvalue weighted by molar-refractivity contribution is 4.91. The van der Waals surface area contributed by atoms with Crippen molar-refractivity contribution in [3.8, 4) is 0 Å². The van der Waals surface area contributed by atoms with Gasteiger partial charge in [-0.05, 0) is 46.1 Å². The van der Waals surface area contributed by atoms with Crippen molar-refractivity contribution >= 4 is 0 Å². The molecule has 0 amide bonds. The van der Waals surface area contributed by atoms with Crippen LogP contribution in [0.15, 0.2) is 0 Å². The highest BCUT2D eigenvalue weighted by Crippen LogP contribution is 2.37. The smallest absolute Gasteiger partial charge is 0.0617 e. The molecule has 18 heavy (non-hydrogen) atoms. The average Bonchev–Trinajstić information content (AvgIpc) is 2.60. The van der Waals surface area contributed by atoms with E-state index in [0.29, 0.717) is 18.1 Å². The molecule has 2 unspecified atom stereocenters. The van der Waals surface area contributed by atoms with Crippen LogP contribution < -0.4 is 5.32 Å². The minimum atomic E-state index is 0.268. The Labute approximate surface area is 113 Å². The molecule has 108 valence electrons. The highest BCUT2D eigenvalue weighted by atomic mass is 16.5. The molecule has 0 bridgehead atoms. The van der Waals surface area contributed by atoms with Crippen LogP contribution in [0.2, 0.25) is 0 Å². The molecular formula is C15H31NO2. The summed E-state index contributed by atoms with van der Waals surface area (Å²) in [6.45, 7) is 14.8. The first-order valence-electron chi connectivity index (χ1n) is 7.40. The molecule has 0 aromatic heterocycles. The summed E-state index contributed by atoms with van der Waals surface area (Å²) in [6, 6.07) is 0. The minimum Gasteiger partial charge on any atom is -0.379 e. The first kappa shape index (κ1) is 15.9. The molecule has 1 fully saturated rings. The molecule has 0 saturated carbocycles. The van der Waals surface area contributed by atoms with E-state index >= 15 is 0 Å². The number of hydrogen-bond donors (Lipinski definition) is 1. The van der Waals surface area contributed by atoms with Crippen LogP contribution in [0.25, 0.3) is 0 Å². The molecule has 1 aliphatic heterocycles. The van der Waals surface area contributed by atoms with Gasteiger partial charge in [-0.1, -0.05) is 13.8 Å². The van der Waals surface area contributed by atoms with Gasteiger partial charge < -0.3 is 14.8 Å². The summed E-state index contributed by atoms with van der Waals surface area (Å²) in [7, 11) is 0. The molecule has 0 spiro atoms. The lowest BCUT2D eigenvalue weighted by molar-refractivity contribution is 0.0167. The highest BCUT2D eigenvalue weighted by Gasteiger charge is 2.40. The first-order chi connectivity index (χ1) is 8.46. The fraction of sp³-hybridized carbons (Fsp3) is 1.00. The van der Waals surface area contributed by atoms with Gasteiger partial charge in [0.1, 0.15) is 0 Å². The Morgan fingerprint density at radius 1 is 1.33 bits per heavy atom. The van der Waals surface area contributed by atoms with E-state index in [-0.39, 0.29) is 5.41 Å². The zero-order valence-corrected chi connectivity index (χ0v) is 12.8. The second-order valence-electron chi connectivity index (χ2n) is 6.32. The maximum atomic E-state index is 5.79. The Bertz CT molecular complexity index is 215. The lowest BCUT2D eigenvalue weighted by Gasteiger charge is -2.33. The number of nitrogens with one attached hydrogen (secondary N) is 1. The van der Waals surface area contributed by atoms with E-state index in [4.69, 9.17) is 9.47 Å². The molecule has 0 aromatic carbocycles. The third-order valence-corrected chi connectivity index (χ3v) is 3.91. The van der Waals surface area contributed by atoms with Gasteiger partial charge in [-0.25, -0.2) is 0 Å². The summed E-state index contributed by atoms with van der Waals surface area (Å²) in [4.78, 5) is 0. The SMILES string of the molecule is CC(C)CNCC1(CCOC(C)C)CCOC1C. The van der Waals surface area contributed by atoms with E-state index in [0.717, 1.165) is 39.1 Å². The van der Waals surface area contributed by atoms with Gasteiger partial charge in [-0.15, -0.1) is 0 Å². The average molecular weight is 257 g/mol. The van der Waals surface area contributed by atoms with Gasteiger partial charge in [0.2, 0.25) is 0 Å². The third kappa shape index (κ3) is 4.87. The monoisotopic (exact) mass is 257 g/mol. The van der Waals surface area contributed by atoms with Crippen LogP contribution in [-0.2, 0) is 9.47 Å². The maximum absolute atomic E-state index is 5.79. The molecule has 0 aromatic rings. The molecule has 3 nitrogen and oxygen atoms in total. The lowest BCUT2D eigenvalue weighted by Crippen LogP contribution is -2.41. The van der Waals surface area contributed by atoms with Crippen LogP contribution in [0.1, 0.15) is 47.5 Å². The standard InChI is InChI=1S/C15H31NO2/c1-12(2)10-16-11-15(6-8-17-13(3)4)7-9-18-14(15)5/h12-14,16H,6-11H2,1-5H3. The van der Waals surface area contributed by atoms with Crippen molar-refractivity contribution in [3.63, 3.8) is 0 Å². The topological polar surface area (TPSA) is 30.5 Å². The van der Waals surface area contributed by atoms with Gasteiger partial charge in [0.05, 0.1) is 12.2 Å². The van der Waals surface area contributed by atoms with Crippen LogP contribution in [0, 0.1) is 11.3 Å². The molecule has 1 saturated heterocycles. The Morgan fingerprint density at radius 3 is 2.56 bits per heavy atom. The quantitative estimate of drug-likeness (QED) is 0.725. The first-order valence-corrected chi connectivity index (χ1v) is 7.40. The summed E-state index contributed by atoms with van der Waals surface area (Å²) in [5.74, 6) is 0.701. The maximum Gasteiger partial charge on any atom is 0.0617 e. The Hall–Kier alpha value is -0.120. The normalized spacial score (nSPS) is 28.5. The molecular weight excluding hydrogens is 226 g/mol. The summed E-state index contributed by atoms with van der Waals surface area (Å²) < 4.78 is 11.5. The summed E-state index contributed by atoms with van der Waals surface area (Å²) in [5.41, 5.74) is 0.268. The fourth-order valence-corrected chi connectivity index (χ4v) is 2.58. The zero-order valence-electron chi connectivity index (χ0n) is 12.8. The van der Waals surface area contributed by atoms with Crippen molar-refractivity contribution in [2.45, 2.75) is 59.7 Å². The van der Waals surface area contributed by atoms with Gasteiger partial charge in [0, 0.05) is 25.2 Å². The van der Waals surface area contributed by atoms with E-state index in [1.54, 1.807) is 0 Å². The van der Waals surface area contributed by atoms with E-state index < -0.39 is 0 Å². The summed E-state index contributed by atoms with van der Waals surface area (Å²) in [5, 5.41) is 3.60. The molecule has 0 radical (unpaired) electrons. The zero-order chi connectivity index (χ0) is 13.6. The predicted molar refractivity (Wildman–Crippen MR) is 75.9 cm³/mol. The molecule has 1 rings (SSSR count). The van der Waals surface area contributed by atoms with Crippen LogP contribution in [-0.4, -0.2) is 38.5 Å². The van der Waals surface area contributed by atoms with E-state index in [9.17, 15) is 0 Å². The van der Waals surface area contributed by atoms with E-state index in [1.807, 2.05) is 0 Å². The summed E-state index contributed by atoms with van der Waals surface area (Å²) >= 11 is 0. The molecule has 3 heteroatoms.